The van der Waals surface area contributed by atoms with Crippen molar-refractivity contribution in [1.29, 1.82) is 0 Å². The van der Waals surface area contributed by atoms with Gasteiger partial charge in [0, 0.05) is 6.42 Å². The van der Waals surface area contributed by atoms with Crippen LogP contribution >= 0.6 is 0 Å². The average molecular weight is 266 g/mol. The van der Waals surface area contributed by atoms with Gasteiger partial charge in [-0.25, -0.2) is 4.39 Å². The van der Waals surface area contributed by atoms with Crippen molar-refractivity contribution in [3.63, 3.8) is 0 Å². The molecule has 18 heavy (non-hydrogen) atoms. The first-order valence-corrected chi connectivity index (χ1v) is 5.42. The SMILES string of the molecule is COc1ccc(C(O)CCCC(F)(F)F)cc1F. The highest BCUT2D eigenvalue weighted by Gasteiger charge is 2.26. The molecular formula is C12H14F4O2. The van der Waals surface area contributed by atoms with Crippen LogP contribution in [0.25, 0.3) is 0 Å². The monoisotopic (exact) mass is 266 g/mol. The molecule has 0 fully saturated rings. The number of hydrogen-bond acceptors (Lipinski definition) is 2. The highest BCUT2D eigenvalue weighted by Crippen LogP contribution is 2.28. The summed E-state index contributed by atoms with van der Waals surface area (Å²) in [6.45, 7) is 0. The zero-order valence-electron chi connectivity index (χ0n) is 9.80. The summed E-state index contributed by atoms with van der Waals surface area (Å²) in [5.74, 6) is -0.619. The average Bonchev–Trinajstić information content (AvgIpc) is 2.27. The topological polar surface area (TPSA) is 29.5 Å². The Kier molecular flexibility index (Phi) is 4.95. The molecule has 0 saturated heterocycles. The number of methoxy groups -OCH3 is 1. The van der Waals surface area contributed by atoms with Crippen molar-refractivity contribution in [2.75, 3.05) is 7.11 Å². The summed E-state index contributed by atoms with van der Waals surface area (Å²) in [5, 5.41) is 9.63. The Morgan fingerprint density at radius 1 is 1.33 bits per heavy atom. The van der Waals surface area contributed by atoms with Gasteiger partial charge in [0.15, 0.2) is 11.6 Å². The first kappa shape index (κ1) is 14.8. The van der Waals surface area contributed by atoms with E-state index in [0.29, 0.717) is 0 Å². The van der Waals surface area contributed by atoms with Gasteiger partial charge in [-0.3, -0.25) is 0 Å². The Bertz CT molecular complexity index is 390. The standard InChI is InChI=1S/C12H14F4O2/c1-18-11-5-4-8(7-9(11)13)10(17)3-2-6-12(14,15)16/h4-5,7,10,17H,2-3,6H2,1H3. The van der Waals surface area contributed by atoms with E-state index in [1.54, 1.807) is 0 Å². The Morgan fingerprint density at radius 2 is 2.00 bits per heavy atom. The Morgan fingerprint density at radius 3 is 2.50 bits per heavy atom. The van der Waals surface area contributed by atoms with Gasteiger partial charge in [-0.1, -0.05) is 6.07 Å². The van der Waals surface area contributed by atoms with Crippen molar-refractivity contribution in [3.8, 4) is 5.75 Å². The number of rotatable bonds is 5. The molecule has 1 N–H and O–H groups in total. The summed E-state index contributed by atoms with van der Waals surface area (Å²) in [6.07, 6.45) is -6.55. The van der Waals surface area contributed by atoms with Crippen LogP contribution in [0.3, 0.4) is 0 Å². The lowest BCUT2D eigenvalue weighted by Crippen LogP contribution is -2.08. The molecule has 0 saturated carbocycles. The molecule has 0 aliphatic heterocycles. The van der Waals surface area contributed by atoms with Crippen LogP contribution in [0.1, 0.15) is 30.9 Å². The highest BCUT2D eigenvalue weighted by atomic mass is 19.4. The molecule has 1 aromatic carbocycles. The third kappa shape index (κ3) is 4.52. The second kappa shape index (κ2) is 6.04. The second-order valence-electron chi connectivity index (χ2n) is 3.92. The van der Waals surface area contributed by atoms with Gasteiger partial charge in [-0.15, -0.1) is 0 Å². The lowest BCUT2D eigenvalue weighted by atomic mass is 10.0. The molecule has 1 unspecified atom stereocenters. The van der Waals surface area contributed by atoms with E-state index in [4.69, 9.17) is 4.74 Å². The molecule has 2 nitrogen and oxygen atoms in total. The van der Waals surface area contributed by atoms with E-state index < -0.39 is 24.5 Å². The van der Waals surface area contributed by atoms with Crippen molar-refractivity contribution >= 4 is 0 Å². The minimum atomic E-state index is -4.23. The fraction of sp³-hybridized carbons (Fsp3) is 0.500. The first-order valence-electron chi connectivity index (χ1n) is 5.42. The van der Waals surface area contributed by atoms with Crippen LogP contribution in [0, 0.1) is 5.82 Å². The minimum Gasteiger partial charge on any atom is -0.494 e. The molecular weight excluding hydrogens is 252 g/mol. The molecule has 102 valence electrons. The normalized spacial score (nSPS) is 13.4. The van der Waals surface area contributed by atoms with E-state index >= 15 is 0 Å². The lowest BCUT2D eigenvalue weighted by Gasteiger charge is -2.13. The molecule has 1 rings (SSSR count). The molecule has 0 amide bonds. The molecule has 0 spiro atoms. The molecule has 1 atom stereocenters. The number of halogens is 4. The Hall–Kier alpha value is -1.30. The van der Waals surface area contributed by atoms with E-state index in [1.807, 2.05) is 0 Å². The summed E-state index contributed by atoms with van der Waals surface area (Å²) in [7, 11) is 1.30. The van der Waals surface area contributed by atoms with Gasteiger partial charge in [-0.2, -0.15) is 13.2 Å². The summed E-state index contributed by atoms with van der Waals surface area (Å²) < 4.78 is 53.7. The molecule has 0 aromatic heterocycles. The van der Waals surface area contributed by atoms with Crippen LogP contribution in [0.4, 0.5) is 17.6 Å². The second-order valence-corrected chi connectivity index (χ2v) is 3.92. The summed E-state index contributed by atoms with van der Waals surface area (Å²) in [5.41, 5.74) is 0.246. The molecule has 0 bridgehead atoms. The summed E-state index contributed by atoms with van der Waals surface area (Å²) in [6, 6.07) is 3.83. The van der Waals surface area contributed by atoms with Crippen LogP contribution in [0.15, 0.2) is 18.2 Å². The van der Waals surface area contributed by atoms with Gasteiger partial charge >= 0.3 is 6.18 Å². The van der Waals surface area contributed by atoms with Crippen LogP contribution < -0.4 is 4.74 Å². The number of hydrogen-bond donors (Lipinski definition) is 1. The maximum absolute atomic E-state index is 13.3. The summed E-state index contributed by atoms with van der Waals surface area (Å²) in [4.78, 5) is 0. The van der Waals surface area contributed by atoms with E-state index in [0.717, 1.165) is 6.07 Å². The largest absolute Gasteiger partial charge is 0.494 e. The molecule has 1 aromatic rings. The van der Waals surface area contributed by atoms with Crippen LogP contribution in [0.2, 0.25) is 0 Å². The van der Waals surface area contributed by atoms with E-state index in [1.165, 1.54) is 19.2 Å². The van der Waals surface area contributed by atoms with E-state index in [2.05, 4.69) is 0 Å². The van der Waals surface area contributed by atoms with Crippen LogP contribution in [-0.4, -0.2) is 18.4 Å². The number of aliphatic hydroxyl groups excluding tert-OH is 1. The van der Waals surface area contributed by atoms with Crippen molar-refractivity contribution in [2.24, 2.45) is 0 Å². The third-order valence-electron chi connectivity index (χ3n) is 2.50. The van der Waals surface area contributed by atoms with Crippen LogP contribution in [0.5, 0.6) is 5.75 Å². The third-order valence-corrected chi connectivity index (χ3v) is 2.50. The smallest absolute Gasteiger partial charge is 0.389 e. The quantitative estimate of drug-likeness (QED) is 0.825. The number of ether oxygens (including phenoxy) is 1. The maximum atomic E-state index is 13.3. The van der Waals surface area contributed by atoms with Gasteiger partial charge in [-0.05, 0) is 30.5 Å². The van der Waals surface area contributed by atoms with Gasteiger partial charge in [0.05, 0.1) is 13.2 Å². The molecule has 0 aliphatic rings. The van der Waals surface area contributed by atoms with Crippen molar-refractivity contribution in [2.45, 2.75) is 31.5 Å². The molecule has 0 aliphatic carbocycles. The predicted octanol–water partition coefficient (Wildman–Crippen LogP) is 3.60. The van der Waals surface area contributed by atoms with Gasteiger partial charge in [0.2, 0.25) is 0 Å². The van der Waals surface area contributed by atoms with Crippen LogP contribution in [-0.2, 0) is 0 Å². The van der Waals surface area contributed by atoms with Gasteiger partial charge in [0.1, 0.15) is 0 Å². The van der Waals surface area contributed by atoms with Gasteiger partial charge in [0.25, 0.3) is 0 Å². The zero-order chi connectivity index (χ0) is 13.8. The van der Waals surface area contributed by atoms with Crippen molar-refractivity contribution < 1.29 is 27.4 Å². The number of benzene rings is 1. The zero-order valence-corrected chi connectivity index (χ0v) is 9.80. The Balaban J connectivity index is 2.56. The van der Waals surface area contributed by atoms with E-state index in [9.17, 15) is 22.7 Å². The number of aliphatic hydroxyl groups is 1. The van der Waals surface area contributed by atoms with Gasteiger partial charge < -0.3 is 9.84 Å². The molecule has 0 radical (unpaired) electrons. The first-order chi connectivity index (χ1) is 8.33. The highest BCUT2D eigenvalue weighted by molar-refractivity contribution is 5.30. The maximum Gasteiger partial charge on any atom is 0.389 e. The van der Waals surface area contributed by atoms with Crippen molar-refractivity contribution in [1.82, 2.24) is 0 Å². The van der Waals surface area contributed by atoms with E-state index in [-0.39, 0.29) is 24.2 Å². The molecule has 0 heterocycles. The Labute approximate surface area is 102 Å². The predicted molar refractivity (Wildman–Crippen MR) is 57.8 cm³/mol. The molecule has 6 heteroatoms. The van der Waals surface area contributed by atoms with Crippen molar-refractivity contribution in [3.05, 3.63) is 29.6 Å². The fourth-order valence-corrected chi connectivity index (χ4v) is 1.55. The lowest BCUT2D eigenvalue weighted by molar-refractivity contribution is -0.136. The number of alkyl halides is 3. The minimum absolute atomic E-state index is 0.0289. The fourth-order valence-electron chi connectivity index (χ4n) is 1.55. The summed E-state index contributed by atoms with van der Waals surface area (Å²) >= 11 is 0.